The van der Waals surface area contributed by atoms with Gasteiger partial charge in [0, 0.05) is 68.9 Å². The number of amides is 5. The second-order valence-corrected chi connectivity index (χ2v) is 15.5. The fraction of sp³-hybridized carbons (Fsp3) is 0.415. The molecule has 2 N–H and O–H groups in total. The average molecular weight is 749 g/mol. The van der Waals surface area contributed by atoms with Crippen LogP contribution in [0.2, 0.25) is 5.02 Å². The lowest BCUT2D eigenvalue weighted by molar-refractivity contribution is -0.136. The molecular formula is C41H41ClN6O6. The van der Waals surface area contributed by atoms with Gasteiger partial charge >= 0.3 is 0 Å². The number of halogens is 1. The van der Waals surface area contributed by atoms with Crippen LogP contribution in [0.4, 0.5) is 5.69 Å². The molecule has 3 aromatic carbocycles. The maximum atomic E-state index is 13.3. The topological polar surface area (TPSA) is 152 Å². The molecule has 5 amide bonds. The normalized spacial score (nSPS) is 23.1. The zero-order valence-electron chi connectivity index (χ0n) is 29.8. The van der Waals surface area contributed by atoms with Gasteiger partial charge in [-0.3, -0.25) is 39.1 Å². The molecule has 1 aliphatic carbocycles. The number of nitriles is 1. The Hall–Kier alpha value is -5.25. The highest BCUT2D eigenvalue weighted by atomic mass is 35.5. The Morgan fingerprint density at radius 2 is 1.61 bits per heavy atom. The molecule has 4 aliphatic heterocycles. The fourth-order valence-corrected chi connectivity index (χ4v) is 8.85. The van der Waals surface area contributed by atoms with Gasteiger partial charge < -0.3 is 15.0 Å². The van der Waals surface area contributed by atoms with Gasteiger partial charge in [0.2, 0.25) is 11.8 Å². The van der Waals surface area contributed by atoms with E-state index in [1.807, 2.05) is 36.4 Å². The first-order valence-electron chi connectivity index (χ1n) is 18.8. The number of rotatable bonds is 8. The van der Waals surface area contributed by atoms with E-state index in [0.29, 0.717) is 58.5 Å². The summed E-state index contributed by atoms with van der Waals surface area (Å²) in [6, 6.07) is 17.7. The number of benzene rings is 3. The summed E-state index contributed by atoms with van der Waals surface area (Å²) in [6.07, 6.45) is 5.68. The van der Waals surface area contributed by atoms with Gasteiger partial charge in [-0.2, -0.15) is 5.26 Å². The van der Waals surface area contributed by atoms with Gasteiger partial charge in [-0.15, -0.1) is 0 Å². The highest BCUT2D eigenvalue weighted by Gasteiger charge is 2.45. The van der Waals surface area contributed by atoms with Crippen molar-refractivity contribution in [3.05, 3.63) is 93.0 Å². The van der Waals surface area contributed by atoms with Crippen LogP contribution in [0.1, 0.15) is 99.1 Å². The molecule has 0 aromatic heterocycles. The lowest BCUT2D eigenvalue weighted by Gasteiger charge is -2.35. The molecule has 2 saturated heterocycles. The molecule has 3 fully saturated rings. The molecule has 5 aliphatic rings. The van der Waals surface area contributed by atoms with E-state index in [4.69, 9.17) is 21.6 Å². The van der Waals surface area contributed by atoms with Crippen LogP contribution in [0.3, 0.4) is 0 Å². The molecule has 12 nitrogen and oxygen atoms in total. The zero-order valence-corrected chi connectivity index (χ0v) is 30.6. The number of anilines is 1. The Morgan fingerprint density at radius 3 is 2.26 bits per heavy atom. The lowest BCUT2D eigenvalue weighted by atomic mass is 9.92. The van der Waals surface area contributed by atoms with Gasteiger partial charge in [-0.05, 0) is 104 Å². The number of nitrogens with zero attached hydrogens (tertiary/aromatic N) is 4. The number of carbonyl (C=O) groups is 5. The maximum absolute atomic E-state index is 13.3. The minimum Gasteiger partial charge on any atom is -0.490 e. The summed E-state index contributed by atoms with van der Waals surface area (Å²) in [5.41, 5.74) is 4.87. The largest absolute Gasteiger partial charge is 0.490 e. The fourth-order valence-electron chi connectivity index (χ4n) is 8.63. The van der Waals surface area contributed by atoms with Gasteiger partial charge in [-0.1, -0.05) is 11.6 Å². The van der Waals surface area contributed by atoms with E-state index in [1.165, 1.54) is 0 Å². The van der Waals surface area contributed by atoms with Crippen LogP contribution < -0.4 is 20.3 Å². The lowest BCUT2D eigenvalue weighted by Crippen LogP contribution is -2.54. The minimum absolute atomic E-state index is 0.00780. The van der Waals surface area contributed by atoms with Gasteiger partial charge in [0.05, 0.1) is 21.7 Å². The minimum atomic E-state index is -0.963. The molecule has 54 heavy (non-hydrogen) atoms. The quantitative estimate of drug-likeness (QED) is 0.305. The van der Waals surface area contributed by atoms with Crippen molar-refractivity contribution in [3.8, 4) is 11.8 Å². The third-order valence-corrected chi connectivity index (χ3v) is 11.8. The van der Waals surface area contributed by atoms with Crippen LogP contribution in [0.15, 0.2) is 54.6 Å². The van der Waals surface area contributed by atoms with E-state index in [0.717, 1.165) is 73.5 Å². The maximum Gasteiger partial charge on any atom is 0.262 e. The Balaban J connectivity index is 0.799. The molecule has 1 unspecified atom stereocenters. The number of imide groups is 2. The van der Waals surface area contributed by atoms with Crippen LogP contribution in [0.5, 0.6) is 5.75 Å². The molecule has 13 heteroatoms. The molecule has 0 radical (unpaired) electrons. The van der Waals surface area contributed by atoms with Crippen molar-refractivity contribution in [2.75, 3.05) is 24.5 Å². The summed E-state index contributed by atoms with van der Waals surface area (Å²) >= 11 is 6.18. The van der Waals surface area contributed by atoms with E-state index >= 15 is 0 Å². The molecule has 0 spiro atoms. The van der Waals surface area contributed by atoms with Crippen LogP contribution in [0, 0.1) is 17.2 Å². The first-order chi connectivity index (χ1) is 26.1. The standard InChI is InChI=1S/C41H41ClN6O6/c42-35-19-32(9-6-26(35)20-43)54-31-3-1-2-29(18-31)44-38(50)25-4-7-30(8-5-25)47-14-12-24(13-15-47)21-46-22-27-16-33-34(17-28(27)23-46)41(53)48(40(33)52)36-10-11-37(49)45-39(36)51/h4-9,16-17,19,24,29,31,36H,1-3,10-15,18,21-23H2,(H,44,50)(H,45,49,51)/t29-,31-,36?/m1/s1. The van der Waals surface area contributed by atoms with E-state index in [1.54, 1.807) is 18.2 Å². The van der Waals surface area contributed by atoms with Crippen molar-refractivity contribution >= 4 is 46.8 Å². The molecule has 4 heterocycles. The second kappa shape index (κ2) is 14.9. The number of fused-ring (bicyclic) bond motifs is 2. The van der Waals surface area contributed by atoms with Gasteiger partial charge in [-0.25, -0.2) is 0 Å². The van der Waals surface area contributed by atoms with Crippen molar-refractivity contribution in [3.63, 3.8) is 0 Å². The Labute approximate surface area is 318 Å². The number of hydrogen-bond donors (Lipinski definition) is 2. The van der Waals surface area contributed by atoms with Crippen LogP contribution >= 0.6 is 11.6 Å². The molecular weight excluding hydrogens is 708 g/mol. The average Bonchev–Trinajstić information content (AvgIpc) is 3.67. The third kappa shape index (κ3) is 7.18. The van der Waals surface area contributed by atoms with Gasteiger partial charge in [0.15, 0.2) is 0 Å². The van der Waals surface area contributed by atoms with Crippen LogP contribution in [-0.4, -0.2) is 77.2 Å². The Kier molecular flexibility index (Phi) is 9.85. The smallest absolute Gasteiger partial charge is 0.262 e. The van der Waals surface area contributed by atoms with Gasteiger partial charge in [0.25, 0.3) is 17.7 Å². The van der Waals surface area contributed by atoms with Crippen LogP contribution in [0.25, 0.3) is 0 Å². The monoisotopic (exact) mass is 748 g/mol. The van der Waals surface area contributed by atoms with Gasteiger partial charge in [0.1, 0.15) is 24.0 Å². The summed E-state index contributed by atoms with van der Waals surface area (Å²) in [6.45, 7) is 4.15. The Bertz CT molecular complexity index is 2030. The SMILES string of the molecule is N#Cc1ccc(O[C@@H]2CCC[C@@H](NC(=O)c3ccc(N4CCC(CN5Cc6cc7c(cc6C5)C(=O)N(C5CCC(=O)NC5=O)C7=O)CC4)cc3)C2)cc1Cl. The Morgan fingerprint density at radius 1 is 0.907 bits per heavy atom. The summed E-state index contributed by atoms with van der Waals surface area (Å²) in [5, 5.41) is 14.9. The summed E-state index contributed by atoms with van der Waals surface area (Å²) in [5.74, 6) is -0.887. The highest BCUT2D eigenvalue weighted by Crippen LogP contribution is 2.35. The molecule has 0 bridgehead atoms. The van der Waals surface area contributed by atoms with E-state index in [-0.39, 0.29) is 36.8 Å². The van der Waals surface area contributed by atoms with E-state index in [2.05, 4.69) is 26.5 Å². The highest BCUT2D eigenvalue weighted by molar-refractivity contribution is 6.31. The molecule has 3 atom stereocenters. The van der Waals surface area contributed by atoms with Crippen molar-refractivity contribution < 1.29 is 28.7 Å². The predicted molar refractivity (Wildman–Crippen MR) is 199 cm³/mol. The number of carbonyl (C=O) groups excluding carboxylic acids is 5. The van der Waals surface area contributed by atoms with Crippen LogP contribution in [-0.2, 0) is 22.7 Å². The predicted octanol–water partition coefficient (Wildman–Crippen LogP) is 4.97. The van der Waals surface area contributed by atoms with E-state index in [9.17, 15) is 24.0 Å². The van der Waals surface area contributed by atoms with Crippen molar-refractivity contribution in [2.24, 2.45) is 5.92 Å². The first-order valence-corrected chi connectivity index (χ1v) is 19.1. The number of hydrogen-bond acceptors (Lipinski definition) is 9. The van der Waals surface area contributed by atoms with Crippen molar-refractivity contribution in [2.45, 2.75) is 82.6 Å². The second-order valence-electron chi connectivity index (χ2n) is 15.1. The summed E-state index contributed by atoms with van der Waals surface area (Å²) in [4.78, 5) is 69.5. The molecule has 3 aromatic rings. The van der Waals surface area contributed by atoms with Crippen molar-refractivity contribution in [1.29, 1.82) is 5.26 Å². The number of nitrogens with one attached hydrogen (secondary N) is 2. The molecule has 8 rings (SSSR count). The number of ether oxygens (including phenoxy) is 1. The summed E-state index contributed by atoms with van der Waals surface area (Å²) in [7, 11) is 0. The molecule has 1 saturated carbocycles. The van der Waals surface area contributed by atoms with Crippen molar-refractivity contribution in [1.82, 2.24) is 20.4 Å². The third-order valence-electron chi connectivity index (χ3n) is 11.5. The number of piperidine rings is 2. The molecule has 278 valence electrons. The summed E-state index contributed by atoms with van der Waals surface area (Å²) < 4.78 is 6.15. The van der Waals surface area contributed by atoms with E-state index < -0.39 is 23.8 Å². The first kappa shape index (κ1) is 35.8. The zero-order chi connectivity index (χ0) is 37.5.